The molecule has 3 atom stereocenters. The summed E-state index contributed by atoms with van der Waals surface area (Å²) in [5.74, 6) is -2.35. The van der Waals surface area contributed by atoms with Gasteiger partial charge in [-0.1, -0.05) is 18.2 Å². The number of esters is 2. The summed E-state index contributed by atoms with van der Waals surface area (Å²) in [6, 6.07) is 13.3. The molecule has 12 nitrogen and oxygen atoms in total. The van der Waals surface area contributed by atoms with E-state index in [0.717, 1.165) is 6.42 Å². The van der Waals surface area contributed by atoms with Gasteiger partial charge in [0.05, 0.1) is 31.3 Å². The van der Waals surface area contributed by atoms with Crippen molar-refractivity contribution in [3.63, 3.8) is 0 Å². The number of aliphatic imine (C=N–C) groups is 1. The van der Waals surface area contributed by atoms with Crippen molar-refractivity contribution in [2.75, 3.05) is 40.5 Å². The number of para-hydroxylation sites is 1. The molecule has 0 radical (unpaired) electrons. The lowest BCUT2D eigenvalue weighted by Crippen LogP contribution is -2.36. The Kier molecular flexibility index (Phi) is 12.0. The van der Waals surface area contributed by atoms with Crippen LogP contribution in [0, 0.1) is 16.0 Å². The molecule has 3 unspecified atom stereocenters. The maximum atomic E-state index is 12.9. The number of rotatable bonds is 15. The van der Waals surface area contributed by atoms with Crippen LogP contribution in [-0.2, 0) is 19.1 Å². The number of carbonyl (C=O) groups is 2. The van der Waals surface area contributed by atoms with E-state index in [-0.39, 0.29) is 30.0 Å². The quantitative estimate of drug-likeness (QED) is 0.137. The lowest BCUT2D eigenvalue weighted by atomic mass is 9.75. The zero-order chi connectivity index (χ0) is 30.6. The fraction of sp³-hybridized carbons (Fsp3) is 0.433. The van der Waals surface area contributed by atoms with Crippen LogP contribution in [0.2, 0.25) is 0 Å². The SMILES string of the molecule is COC(=O)C1=C(C)N=C(C)C(C(=O)OC)C1c1cc([N+](=O)[O-])ccc1OCCCCNCC(O)COc1ccccc1. The van der Waals surface area contributed by atoms with Crippen molar-refractivity contribution in [2.45, 2.75) is 38.7 Å². The second-order valence-electron chi connectivity index (χ2n) is 9.74. The van der Waals surface area contributed by atoms with Crippen LogP contribution in [0.15, 0.2) is 64.8 Å². The summed E-state index contributed by atoms with van der Waals surface area (Å²) < 4.78 is 21.6. The third-order valence-corrected chi connectivity index (χ3v) is 6.80. The first-order chi connectivity index (χ1) is 20.2. The van der Waals surface area contributed by atoms with Gasteiger partial charge in [-0.15, -0.1) is 0 Å². The van der Waals surface area contributed by atoms with Gasteiger partial charge in [-0.3, -0.25) is 19.9 Å². The van der Waals surface area contributed by atoms with Gasteiger partial charge in [0, 0.05) is 41.6 Å². The smallest absolute Gasteiger partial charge is 0.336 e. The molecule has 0 fully saturated rings. The Hall–Kier alpha value is -4.29. The minimum absolute atomic E-state index is 0.0999. The first kappa shape index (κ1) is 32.2. The minimum atomic E-state index is -1.02. The number of nitrogens with zero attached hydrogens (tertiary/aromatic N) is 2. The molecule has 0 spiro atoms. The van der Waals surface area contributed by atoms with Crippen LogP contribution < -0.4 is 14.8 Å². The molecule has 1 heterocycles. The van der Waals surface area contributed by atoms with Crippen LogP contribution in [-0.4, -0.2) is 74.3 Å². The minimum Gasteiger partial charge on any atom is -0.493 e. The molecule has 0 aliphatic carbocycles. The standard InChI is InChI=1S/C30H37N3O9/c1-19-26(29(35)39-3)28(27(20(2)32-19)30(36)40-4)24-16-21(33(37)38)12-13-25(24)41-15-9-8-14-31-17-22(34)18-42-23-10-6-5-7-11-23/h5-7,10-13,16,22,26,28,31,34H,8-9,14-15,17-18H2,1-4H3. The first-order valence-electron chi connectivity index (χ1n) is 13.6. The van der Waals surface area contributed by atoms with Crippen molar-refractivity contribution in [1.29, 1.82) is 0 Å². The number of hydrogen-bond acceptors (Lipinski definition) is 11. The van der Waals surface area contributed by atoms with Crippen LogP contribution >= 0.6 is 0 Å². The summed E-state index contributed by atoms with van der Waals surface area (Å²) in [6.45, 7) is 4.68. The Morgan fingerprint density at radius 2 is 1.81 bits per heavy atom. The fourth-order valence-corrected chi connectivity index (χ4v) is 4.78. The van der Waals surface area contributed by atoms with E-state index >= 15 is 0 Å². The Balaban J connectivity index is 1.67. The molecule has 0 saturated heterocycles. The van der Waals surface area contributed by atoms with Crippen LogP contribution in [0.4, 0.5) is 5.69 Å². The molecule has 1 aliphatic heterocycles. The number of aliphatic hydroxyl groups is 1. The van der Waals surface area contributed by atoms with E-state index < -0.39 is 34.8 Å². The maximum absolute atomic E-state index is 12.9. The van der Waals surface area contributed by atoms with Crippen molar-refractivity contribution >= 4 is 23.3 Å². The predicted molar refractivity (Wildman–Crippen MR) is 155 cm³/mol. The van der Waals surface area contributed by atoms with Gasteiger partial charge in [-0.2, -0.15) is 0 Å². The van der Waals surface area contributed by atoms with Gasteiger partial charge in [0.2, 0.25) is 0 Å². The van der Waals surface area contributed by atoms with E-state index in [1.165, 1.54) is 32.4 Å². The summed E-state index contributed by atoms with van der Waals surface area (Å²) in [7, 11) is 2.44. The van der Waals surface area contributed by atoms with Gasteiger partial charge < -0.3 is 29.4 Å². The summed E-state index contributed by atoms with van der Waals surface area (Å²) in [6.07, 6.45) is 0.681. The lowest BCUT2D eigenvalue weighted by molar-refractivity contribution is -0.385. The van der Waals surface area contributed by atoms with Gasteiger partial charge >= 0.3 is 11.9 Å². The molecule has 226 valence electrons. The number of non-ortho nitro benzene ring substituents is 1. The van der Waals surface area contributed by atoms with Gasteiger partial charge in [-0.05, 0) is 51.4 Å². The molecule has 0 bridgehead atoms. The summed E-state index contributed by atoms with van der Waals surface area (Å²) >= 11 is 0. The monoisotopic (exact) mass is 583 g/mol. The predicted octanol–water partition coefficient (Wildman–Crippen LogP) is 3.58. The summed E-state index contributed by atoms with van der Waals surface area (Å²) in [4.78, 5) is 41.2. The number of nitrogens with one attached hydrogen (secondary N) is 1. The number of methoxy groups -OCH3 is 2. The first-order valence-corrected chi connectivity index (χ1v) is 13.6. The fourth-order valence-electron chi connectivity index (χ4n) is 4.78. The third-order valence-electron chi connectivity index (χ3n) is 6.80. The van der Waals surface area contributed by atoms with Crippen LogP contribution in [0.3, 0.4) is 0 Å². The van der Waals surface area contributed by atoms with Crippen LogP contribution in [0.5, 0.6) is 11.5 Å². The highest BCUT2D eigenvalue weighted by Gasteiger charge is 2.43. The number of benzene rings is 2. The van der Waals surface area contributed by atoms with Gasteiger partial charge in [-0.25, -0.2) is 4.79 Å². The van der Waals surface area contributed by atoms with E-state index in [0.29, 0.717) is 42.4 Å². The number of carbonyl (C=O) groups excluding carboxylic acids is 2. The van der Waals surface area contributed by atoms with E-state index in [1.54, 1.807) is 13.8 Å². The molecule has 1 aliphatic rings. The molecule has 0 saturated carbocycles. The van der Waals surface area contributed by atoms with E-state index in [2.05, 4.69) is 10.3 Å². The molecule has 2 aromatic rings. The number of ether oxygens (including phenoxy) is 4. The van der Waals surface area contributed by atoms with Crippen LogP contribution in [0.1, 0.15) is 38.2 Å². The van der Waals surface area contributed by atoms with Crippen molar-refractivity contribution in [3.8, 4) is 11.5 Å². The van der Waals surface area contributed by atoms with Gasteiger partial charge in [0.25, 0.3) is 5.69 Å². The Morgan fingerprint density at radius 3 is 2.48 bits per heavy atom. The summed E-state index contributed by atoms with van der Waals surface area (Å²) in [5.41, 5.74) is 0.902. The van der Waals surface area contributed by atoms with E-state index in [1.807, 2.05) is 30.3 Å². The number of aliphatic hydroxyl groups excluding tert-OH is 1. The van der Waals surface area contributed by atoms with E-state index in [4.69, 9.17) is 18.9 Å². The largest absolute Gasteiger partial charge is 0.493 e. The third kappa shape index (κ3) is 8.37. The average Bonchev–Trinajstić information content (AvgIpc) is 2.99. The second kappa shape index (κ2) is 15.6. The molecule has 3 rings (SSSR count). The molecule has 42 heavy (non-hydrogen) atoms. The Labute approximate surface area is 244 Å². The van der Waals surface area contributed by atoms with Crippen LogP contribution in [0.25, 0.3) is 0 Å². The number of nitro benzene ring substituents is 1. The zero-order valence-electron chi connectivity index (χ0n) is 24.2. The molecule has 2 aromatic carbocycles. The normalized spacial score (nSPS) is 17.2. The molecule has 12 heteroatoms. The molecule has 2 N–H and O–H groups in total. The average molecular weight is 584 g/mol. The highest BCUT2D eigenvalue weighted by molar-refractivity contribution is 6.07. The number of allylic oxidation sites excluding steroid dienone is 1. The Morgan fingerprint density at radius 1 is 1.07 bits per heavy atom. The Bertz CT molecular complexity index is 1310. The molecule has 0 aromatic heterocycles. The topological polar surface area (TPSA) is 159 Å². The van der Waals surface area contributed by atoms with Gasteiger partial charge in [0.1, 0.15) is 30.1 Å². The lowest BCUT2D eigenvalue weighted by Gasteiger charge is -2.31. The van der Waals surface area contributed by atoms with Crippen molar-refractivity contribution in [1.82, 2.24) is 5.32 Å². The zero-order valence-corrected chi connectivity index (χ0v) is 24.2. The molecular weight excluding hydrogens is 546 g/mol. The second-order valence-corrected chi connectivity index (χ2v) is 9.74. The van der Waals surface area contributed by atoms with Crippen molar-refractivity contribution < 1.29 is 38.6 Å². The van der Waals surface area contributed by atoms with Gasteiger partial charge in [0.15, 0.2) is 0 Å². The molecular formula is C30H37N3O9. The maximum Gasteiger partial charge on any atom is 0.336 e. The van der Waals surface area contributed by atoms with Crippen molar-refractivity contribution in [3.05, 3.63) is 75.5 Å². The molecule has 0 amide bonds. The van der Waals surface area contributed by atoms with E-state index in [9.17, 15) is 24.8 Å². The summed E-state index contributed by atoms with van der Waals surface area (Å²) in [5, 5.41) is 25.0. The highest BCUT2D eigenvalue weighted by atomic mass is 16.6. The number of nitro groups is 1. The number of hydrogen-bond donors (Lipinski definition) is 2. The number of unbranched alkanes of at least 4 members (excludes halogenated alkanes) is 1. The highest BCUT2D eigenvalue weighted by Crippen LogP contribution is 2.44. The van der Waals surface area contributed by atoms with Crippen molar-refractivity contribution in [2.24, 2.45) is 10.9 Å².